The number of aliphatic hydroxyl groups is 1. The average Bonchev–Trinajstić information content (AvgIpc) is 2.61. The Morgan fingerprint density at radius 2 is 1.88 bits per heavy atom. The van der Waals surface area contributed by atoms with Crippen molar-refractivity contribution in [1.29, 1.82) is 0 Å². The molecule has 0 aromatic heterocycles. The molecule has 5 heteroatoms. The van der Waals surface area contributed by atoms with E-state index in [1.165, 1.54) is 12.1 Å². The van der Waals surface area contributed by atoms with Gasteiger partial charge in [-0.1, -0.05) is 24.3 Å². The molecule has 2 rings (SSSR count). The molecule has 4 nitrogen and oxygen atoms in total. The summed E-state index contributed by atoms with van der Waals surface area (Å²) < 4.78 is 24.3. The third-order valence-corrected chi connectivity index (χ3v) is 3.65. The van der Waals surface area contributed by atoms with Crippen molar-refractivity contribution in [3.63, 3.8) is 0 Å². The number of halogens is 1. The summed E-state index contributed by atoms with van der Waals surface area (Å²) in [6, 6.07) is 12.0. The first kappa shape index (κ1) is 18.2. The highest BCUT2D eigenvalue weighted by Gasteiger charge is 2.10. The van der Waals surface area contributed by atoms with Crippen LogP contribution in [0.1, 0.15) is 24.0 Å². The van der Waals surface area contributed by atoms with Gasteiger partial charge in [-0.15, -0.1) is 0 Å². The number of benzene rings is 2. The van der Waals surface area contributed by atoms with Gasteiger partial charge in [-0.25, -0.2) is 4.39 Å². The second kappa shape index (κ2) is 9.90. The summed E-state index contributed by atoms with van der Waals surface area (Å²) in [7, 11) is 1.61. The molecular formula is C19H24FNO3. The van der Waals surface area contributed by atoms with Crippen LogP contribution in [0.3, 0.4) is 0 Å². The van der Waals surface area contributed by atoms with Crippen molar-refractivity contribution in [2.24, 2.45) is 0 Å². The zero-order chi connectivity index (χ0) is 17.2. The predicted octanol–water partition coefficient (Wildman–Crippen LogP) is 3.28. The first-order valence-electron chi connectivity index (χ1n) is 8.09. The number of aliphatic hydroxyl groups excluding tert-OH is 1. The summed E-state index contributed by atoms with van der Waals surface area (Å²) in [6.45, 7) is 2.04. The maximum Gasteiger partial charge on any atom is 0.166 e. The largest absolute Gasteiger partial charge is 0.493 e. The fraction of sp³-hybridized carbons (Fsp3) is 0.368. The quantitative estimate of drug-likeness (QED) is 0.655. The first-order valence-corrected chi connectivity index (χ1v) is 8.09. The minimum absolute atomic E-state index is 0.215. The van der Waals surface area contributed by atoms with Gasteiger partial charge in [0.25, 0.3) is 0 Å². The van der Waals surface area contributed by atoms with Gasteiger partial charge < -0.3 is 19.9 Å². The molecule has 0 unspecified atom stereocenters. The number of unbranched alkanes of at least 4 members (excludes halogenated alkanes) is 1. The minimum atomic E-state index is -0.260. The molecule has 0 aliphatic rings. The van der Waals surface area contributed by atoms with Crippen LogP contribution in [0.15, 0.2) is 42.5 Å². The number of nitrogens with one attached hydrogen (secondary N) is 1. The van der Waals surface area contributed by atoms with Crippen molar-refractivity contribution in [1.82, 2.24) is 5.32 Å². The van der Waals surface area contributed by atoms with Crippen molar-refractivity contribution < 1.29 is 19.0 Å². The lowest BCUT2D eigenvalue weighted by molar-refractivity contribution is 0.279. The third-order valence-electron chi connectivity index (χ3n) is 3.65. The van der Waals surface area contributed by atoms with Gasteiger partial charge in [-0.3, -0.25) is 0 Å². The van der Waals surface area contributed by atoms with Crippen LogP contribution >= 0.6 is 0 Å². The molecule has 2 N–H and O–H groups in total. The van der Waals surface area contributed by atoms with Gasteiger partial charge in [0.1, 0.15) is 12.4 Å². The van der Waals surface area contributed by atoms with E-state index in [4.69, 9.17) is 14.6 Å². The smallest absolute Gasteiger partial charge is 0.166 e. The first-order chi connectivity index (χ1) is 11.7. The van der Waals surface area contributed by atoms with E-state index in [1.807, 2.05) is 18.2 Å². The Kier molecular flexibility index (Phi) is 7.52. The minimum Gasteiger partial charge on any atom is -0.493 e. The van der Waals surface area contributed by atoms with Crippen molar-refractivity contribution in [3.8, 4) is 11.5 Å². The molecule has 0 heterocycles. The molecule has 0 aliphatic heterocycles. The van der Waals surface area contributed by atoms with Crippen molar-refractivity contribution >= 4 is 0 Å². The lowest BCUT2D eigenvalue weighted by atomic mass is 10.1. The van der Waals surface area contributed by atoms with E-state index in [2.05, 4.69) is 5.32 Å². The molecule has 0 bridgehead atoms. The zero-order valence-corrected chi connectivity index (χ0v) is 13.9. The van der Waals surface area contributed by atoms with E-state index in [1.54, 1.807) is 19.2 Å². The SMILES string of the molecule is COc1cccc(CNCCCCO)c1OCc1ccc(F)cc1. The molecule has 2 aromatic carbocycles. The molecule has 0 aliphatic carbocycles. The van der Waals surface area contributed by atoms with Crippen molar-refractivity contribution in [2.75, 3.05) is 20.3 Å². The molecule has 0 atom stereocenters. The molecule has 0 saturated carbocycles. The Balaban J connectivity index is 2.01. The Morgan fingerprint density at radius 3 is 2.58 bits per heavy atom. The number of methoxy groups -OCH3 is 1. The van der Waals surface area contributed by atoms with Crippen molar-refractivity contribution in [2.45, 2.75) is 26.0 Å². The highest BCUT2D eigenvalue weighted by molar-refractivity contribution is 5.46. The fourth-order valence-corrected chi connectivity index (χ4v) is 2.35. The van der Waals surface area contributed by atoms with Gasteiger partial charge in [-0.05, 0) is 43.1 Å². The summed E-state index contributed by atoms with van der Waals surface area (Å²) in [5.74, 6) is 1.11. The molecule has 0 radical (unpaired) electrons. The van der Waals surface area contributed by atoms with E-state index >= 15 is 0 Å². The van der Waals surface area contributed by atoms with E-state index in [0.29, 0.717) is 24.7 Å². The van der Waals surface area contributed by atoms with Gasteiger partial charge in [0.05, 0.1) is 7.11 Å². The summed E-state index contributed by atoms with van der Waals surface area (Å²) in [5.41, 5.74) is 1.89. The lowest BCUT2D eigenvalue weighted by Gasteiger charge is -2.15. The third kappa shape index (κ3) is 5.51. The van der Waals surface area contributed by atoms with Gasteiger partial charge in [0.15, 0.2) is 11.5 Å². The second-order valence-corrected chi connectivity index (χ2v) is 5.47. The molecule has 24 heavy (non-hydrogen) atoms. The van der Waals surface area contributed by atoms with Crippen LogP contribution in [0.2, 0.25) is 0 Å². The normalized spacial score (nSPS) is 10.6. The average molecular weight is 333 g/mol. The zero-order valence-electron chi connectivity index (χ0n) is 13.9. The highest BCUT2D eigenvalue weighted by Crippen LogP contribution is 2.31. The molecule has 0 fully saturated rings. The summed E-state index contributed by atoms with van der Waals surface area (Å²) in [5, 5.41) is 12.1. The number of hydrogen-bond donors (Lipinski definition) is 2. The molecule has 0 spiro atoms. The van der Waals surface area contributed by atoms with Crippen molar-refractivity contribution in [3.05, 3.63) is 59.4 Å². The molecule has 130 valence electrons. The Bertz CT molecular complexity index is 617. The van der Waals surface area contributed by atoms with Gasteiger partial charge in [0.2, 0.25) is 0 Å². The van der Waals surface area contributed by atoms with Crippen LogP contribution in [0.5, 0.6) is 11.5 Å². The molecular weight excluding hydrogens is 309 g/mol. The predicted molar refractivity (Wildman–Crippen MR) is 91.8 cm³/mol. The number of para-hydroxylation sites is 1. The topological polar surface area (TPSA) is 50.7 Å². The second-order valence-electron chi connectivity index (χ2n) is 5.47. The molecule has 0 amide bonds. The standard InChI is InChI=1S/C19H24FNO3/c1-23-18-6-4-5-16(13-21-11-2-3-12-22)19(18)24-14-15-7-9-17(20)10-8-15/h4-10,21-22H,2-3,11-14H2,1H3. The van der Waals surface area contributed by atoms with Gasteiger partial charge in [-0.2, -0.15) is 0 Å². The number of rotatable bonds is 10. The Labute approximate surface area is 142 Å². The van der Waals surface area contributed by atoms with E-state index < -0.39 is 0 Å². The van der Waals surface area contributed by atoms with Crippen LogP contribution in [-0.2, 0) is 13.2 Å². The molecule has 0 saturated heterocycles. The lowest BCUT2D eigenvalue weighted by Crippen LogP contribution is -2.16. The van der Waals surface area contributed by atoms with Crippen LogP contribution < -0.4 is 14.8 Å². The summed E-state index contributed by atoms with van der Waals surface area (Å²) in [4.78, 5) is 0. The van der Waals surface area contributed by atoms with E-state index in [9.17, 15) is 4.39 Å². The summed E-state index contributed by atoms with van der Waals surface area (Å²) in [6.07, 6.45) is 1.71. The van der Waals surface area contributed by atoms with Crippen LogP contribution in [0, 0.1) is 5.82 Å². The van der Waals surface area contributed by atoms with Crippen LogP contribution in [0.25, 0.3) is 0 Å². The monoisotopic (exact) mass is 333 g/mol. The highest BCUT2D eigenvalue weighted by atomic mass is 19.1. The maximum absolute atomic E-state index is 13.0. The Hall–Kier alpha value is -2.11. The van der Waals surface area contributed by atoms with Crippen LogP contribution in [0.4, 0.5) is 4.39 Å². The van der Waals surface area contributed by atoms with E-state index in [0.717, 1.165) is 30.5 Å². The Morgan fingerprint density at radius 1 is 1.08 bits per heavy atom. The molecule has 2 aromatic rings. The van der Waals surface area contributed by atoms with Gasteiger partial charge in [0, 0.05) is 18.7 Å². The fourth-order valence-electron chi connectivity index (χ4n) is 2.35. The van der Waals surface area contributed by atoms with Gasteiger partial charge >= 0.3 is 0 Å². The number of ether oxygens (including phenoxy) is 2. The van der Waals surface area contributed by atoms with E-state index in [-0.39, 0.29) is 12.4 Å². The summed E-state index contributed by atoms with van der Waals surface area (Å²) >= 11 is 0. The van der Waals surface area contributed by atoms with Crippen LogP contribution in [-0.4, -0.2) is 25.4 Å². The maximum atomic E-state index is 13.0. The number of hydrogen-bond acceptors (Lipinski definition) is 4.